The lowest BCUT2D eigenvalue weighted by atomic mass is 10.2. The van der Waals surface area contributed by atoms with Gasteiger partial charge in [0.05, 0.1) is 27.8 Å². The molecule has 0 radical (unpaired) electrons. The molecule has 2 fully saturated rings. The monoisotopic (exact) mass is 462 g/mol. The van der Waals surface area contributed by atoms with Gasteiger partial charge in [-0.25, -0.2) is 17.5 Å². The quantitative estimate of drug-likeness (QED) is 0.598. The molecule has 1 amide bonds. The summed E-state index contributed by atoms with van der Waals surface area (Å²) in [6.07, 6.45) is 0.686. The number of piperazine rings is 1. The first kappa shape index (κ1) is 20.6. The second kappa shape index (κ2) is 7.68. The van der Waals surface area contributed by atoms with E-state index in [4.69, 9.17) is 0 Å². The van der Waals surface area contributed by atoms with Crippen molar-refractivity contribution in [1.29, 1.82) is 0 Å². The van der Waals surface area contributed by atoms with Gasteiger partial charge >= 0.3 is 0 Å². The molecule has 0 bridgehead atoms. The molecule has 2 aromatic heterocycles. The highest BCUT2D eigenvalue weighted by atomic mass is 32.2. The van der Waals surface area contributed by atoms with E-state index in [0.717, 1.165) is 21.6 Å². The van der Waals surface area contributed by atoms with E-state index in [-0.39, 0.29) is 29.3 Å². The van der Waals surface area contributed by atoms with Crippen molar-refractivity contribution in [1.82, 2.24) is 19.6 Å². The average Bonchev–Trinajstić information content (AvgIpc) is 3.43. The summed E-state index contributed by atoms with van der Waals surface area (Å²) in [5, 5.41) is 5.48. The van der Waals surface area contributed by atoms with E-state index in [0.29, 0.717) is 37.5 Å². The lowest BCUT2D eigenvalue weighted by Crippen LogP contribution is -2.52. The standard InChI is InChI=1S/C21H23FN4O3S2/c1-14-18-12-19(30-21(18)26(23-14)16-4-2-15(22)3-5-16)20(27)25-9-7-24(8-10-25)17-6-11-31(28,29)13-17/h2-5,12,17H,6-11,13H2,1H3. The van der Waals surface area contributed by atoms with E-state index in [1.165, 1.54) is 23.5 Å². The highest BCUT2D eigenvalue weighted by molar-refractivity contribution is 7.91. The summed E-state index contributed by atoms with van der Waals surface area (Å²) >= 11 is 1.39. The van der Waals surface area contributed by atoms with Crippen molar-refractivity contribution in [2.45, 2.75) is 19.4 Å². The van der Waals surface area contributed by atoms with Crippen molar-refractivity contribution in [2.24, 2.45) is 0 Å². The first-order valence-corrected chi connectivity index (χ1v) is 12.9. The second-order valence-electron chi connectivity index (χ2n) is 8.19. The molecular formula is C21H23FN4O3S2. The van der Waals surface area contributed by atoms with Crippen LogP contribution in [0, 0.1) is 12.7 Å². The molecule has 0 saturated carbocycles. The number of carbonyl (C=O) groups is 1. The van der Waals surface area contributed by atoms with Gasteiger partial charge in [-0.3, -0.25) is 9.69 Å². The van der Waals surface area contributed by atoms with Crippen LogP contribution in [0.5, 0.6) is 0 Å². The van der Waals surface area contributed by atoms with Crippen LogP contribution in [0.3, 0.4) is 0 Å². The number of amides is 1. The maximum atomic E-state index is 13.3. The molecule has 4 heterocycles. The van der Waals surface area contributed by atoms with Gasteiger partial charge in [-0.05, 0) is 43.7 Å². The molecule has 0 N–H and O–H groups in total. The fraction of sp³-hybridized carbons (Fsp3) is 0.429. The van der Waals surface area contributed by atoms with Gasteiger partial charge in [0.25, 0.3) is 5.91 Å². The van der Waals surface area contributed by atoms with E-state index < -0.39 is 9.84 Å². The van der Waals surface area contributed by atoms with Gasteiger partial charge in [-0.2, -0.15) is 5.10 Å². The zero-order chi connectivity index (χ0) is 21.8. The maximum Gasteiger partial charge on any atom is 0.264 e. The summed E-state index contributed by atoms with van der Waals surface area (Å²) in [4.78, 5) is 18.7. The van der Waals surface area contributed by atoms with Crippen LogP contribution in [-0.4, -0.2) is 77.6 Å². The Morgan fingerprint density at radius 1 is 1.16 bits per heavy atom. The van der Waals surface area contributed by atoms with Gasteiger partial charge in [0.15, 0.2) is 9.84 Å². The number of hydrogen-bond acceptors (Lipinski definition) is 6. The Hall–Kier alpha value is -2.30. The molecule has 5 rings (SSSR count). The molecule has 1 aromatic carbocycles. The van der Waals surface area contributed by atoms with Gasteiger partial charge in [0.1, 0.15) is 10.6 Å². The van der Waals surface area contributed by atoms with Gasteiger partial charge in [0.2, 0.25) is 0 Å². The van der Waals surface area contributed by atoms with E-state index in [2.05, 4.69) is 10.00 Å². The lowest BCUT2D eigenvalue weighted by molar-refractivity contribution is 0.0592. The molecule has 2 aliphatic heterocycles. The van der Waals surface area contributed by atoms with Gasteiger partial charge in [-0.15, -0.1) is 11.3 Å². The molecule has 3 aromatic rings. The van der Waals surface area contributed by atoms with Crippen LogP contribution in [0.2, 0.25) is 0 Å². The molecule has 0 spiro atoms. The number of aromatic nitrogens is 2. The highest BCUT2D eigenvalue weighted by Gasteiger charge is 2.34. The lowest BCUT2D eigenvalue weighted by Gasteiger charge is -2.37. The third-order valence-electron chi connectivity index (χ3n) is 6.15. The Bertz CT molecular complexity index is 1240. The molecule has 31 heavy (non-hydrogen) atoms. The number of rotatable bonds is 3. The Morgan fingerprint density at radius 3 is 2.52 bits per heavy atom. The predicted octanol–water partition coefficient (Wildman–Crippen LogP) is 2.48. The van der Waals surface area contributed by atoms with Crippen molar-refractivity contribution in [3.8, 4) is 5.69 Å². The normalized spacial score (nSPS) is 21.7. The first-order valence-electron chi connectivity index (χ1n) is 10.3. The fourth-order valence-corrected chi connectivity index (χ4v) is 7.33. The SMILES string of the molecule is Cc1nn(-c2ccc(F)cc2)c2sc(C(=O)N3CCN(C4CCS(=O)(=O)C4)CC3)cc12. The van der Waals surface area contributed by atoms with Crippen LogP contribution < -0.4 is 0 Å². The van der Waals surface area contributed by atoms with Crippen LogP contribution in [0.1, 0.15) is 21.8 Å². The molecule has 7 nitrogen and oxygen atoms in total. The summed E-state index contributed by atoms with van der Waals surface area (Å²) in [7, 11) is -2.91. The topological polar surface area (TPSA) is 75.5 Å². The maximum absolute atomic E-state index is 13.3. The molecule has 2 aliphatic rings. The minimum Gasteiger partial charge on any atom is -0.335 e. The third-order valence-corrected chi connectivity index (χ3v) is 9.00. The number of benzene rings is 1. The summed E-state index contributed by atoms with van der Waals surface area (Å²) in [6.45, 7) is 4.47. The largest absolute Gasteiger partial charge is 0.335 e. The van der Waals surface area contributed by atoms with Crippen LogP contribution in [0.15, 0.2) is 30.3 Å². The number of halogens is 1. The predicted molar refractivity (Wildman–Crippen MR) is 118 cm³/mol. The molecule has 1 unspecified atom stereocenters. The number of thiophene rings is 1. The van der Waals surface area contributed by atoms with Crippen LogP contribution in [-0.2, 0) is 9.84 Å². The summed E-state index contributed by atoms with van der Waals surface area (Å²) in [5.41, 5.74) is 1.57. The van der Waals surface area contributed by atoms with Crippen molar-refractivity contribution in [3.63, 3.8) is 0 Å². The van der Waals surface area contributed by atoms with Gasteiger partial charge in [0, 0.05) is 37.6 Å². The molecular weight excluding hydrogens is 439 g/mol. The molecule has 164 valence electrons. The van der Waals surface area contributed by atoms with E-state index in [9.17, 15) is 17.6 Å². The van der Waals surface area contributed by atoms with Crippen LogP contribution in [0.25, 0.3) is 15.9 Å². The van der Waals surface area contributed by atoms with Gasteiger partial charge < -0.3 is 4.90 Å². The number of sulfone groups is 1. The minimum absolute atomic E-state index is 0.00931. The Labute approximate surface area is 184 Å². The highest BCUT2D eigenvalue weighted by Crippen LogP contribution is 2.31. The zero-order valence-electron chi connectivity index (χ0n) is 17.1. The minimum atomic E-state index is -2.91. The Kier molecular flexibility index (Phi) is 5.10. The van der Waals surface area contributed by atoms with Crippen molar-refractivity contribution >= 4 is 37.3 Å². The first-order chi connectivity index (χ1) is 14.8. The number of hydrogen-bond donors (Lipinski definition) is 0. The van der Waals surface area contributed by atoms with Crippen molar-refractivity contribution in [3.05, 3.63) is 46.7 Å². The van der Waals surface area contributed by atoms with Crippen molar-refractivity contribution in [2.75, 3.05) is 37.7 Å². The summed E-state index contributed by atoms with van der Waals surface area (Å²) in [5.74, 6) is 0.185. The van der Waals surface area contributed by atoms with Gasteiger partial charge in [-0.1, -0.05) is 0 Å². The number of nitrogens with zero attached hydrogens (tertiary/aromatic N) is 4. The molecule has 1 atom stereocenters. The van der Waals surface area contributed by atoms with Crippen molar-refractivity contribution < 1.29 is 17.6 Å². The molecule has 0 aliphatic carbocycles. The smallest absolute Gasteiger partial charge is 0.264 e. The number of fused-ring (bicyclic) bond motifs is 1. The molecule has 10 heteroatoms. The van der Waals surface area contributed by atoms with Crippen LogP contribution >= 0.6 is 11.3 Å². The van der Waals surface area contributed by atoms with E-state index in [1.807, 2.05) is 17.9 Å². The van der Waals surface area contributed by atoms with Crippen LogP contribution in [0.4, 0.5) is 4.39 Å². The average molecular weight is 463 g/mol. The summed E-state index contributed by atoms with van der Waals surface area (Å²) in [6, 6.07) is 8.10. The second-order valence-corrected chi connectivity index (χ2v) is 11.4. The third kappa shape index (κ3) is 3.88. The van der Waals surface area contributed by atoms with E-state index >= 15 is 0 Å². The number of aryl methyl sites for hydroxylation is 1. The Morgan fingerprint density at radius 2 is 1.87 bits per heavy atom. The molecule has 2 saturated heterocycles. The fourth-order valence-electron chi connectivity index (χ4n) is 4.42. The van der Waals surface area contributed by atoms with E-state index in [1.54, 1.807) is 16.8 Å². The Balaban J connectivity index is 1.33. The number of carbonyl (C=O) groups excluding carboxylic acids is 1. The zero-order valence-corrected chi connectivity index (χ0v) is 18.8. The summed E-state index contributed by atoms with van der Waals surface area (Å²) < 4.78 is 38.6.